The van der Waals surface area contributed by atoms with Gasteiger partial charge in [-0.25, -0.2) is 0 Å². The SMILES string of the molecule is CN(C)c1ccncc1C(=O)N1CC[C@@H](O)C1. The molecule has 2 heterocycles. The van der Waals surface area contributed by atoms with Crippen LogP contribution >= 0.6 is 0 Å². The second-order valence-corrected chi connectivity index (χ2v) is 4.48. The van der Waals surface area contributed by atoms with Crippen LogP contribution in [0.15, 0.2) is 18.5 Å². The molecule has 0 saturated carbocycles. The van der Waals surface area contributed by atoms with E-state index in [1.165, 1.54) is 0 Å². The Kier molecular flexibility index (Phi) is 3.28. The Balaban J connectivity index is 2.25. The Morgan fingerprint density at radius 2 is 2.35 bits per heavy atom. The molecule has 0 spiro atoms. The summed E-state index contributed by atoms with van der Waals surface area (Å²) < 4.78 is 0. The summed E-state index contributed by atoms with van der Waals surface area (Å²) in [7, 11) is 3.79. The van der Waals surface area contributed by atoms with Gasteiger partial charge in [-0.3, -0.25) is 9.78 Å². The standard InChI is InChI=1S/C12H17N3O2/c1-14(2)11-3-5-13-7-10(11)12(17)15-6-4-9(16)8-15/h3,5,7,9,16H,4,6,8H2,1-2H3/t9-/m1/s1. The molecule has 1 fully saturated rings. The van der Waals surface area contributed by atoms with E-state index in [4.69, 9.17) is 0 Å². The highest BCUT2D eigenvalue weighted by Gasteiger charge is 2.27. The highest BCUT2D eigenvalue weighted by Crippen LogP contribution is 2.21. The van der Waals surface area contributed by atoms with E-state index in [2.05, 4.69) is 4.98 Å². The largest absolute Gasteiger partial charge is 0.391 e. The topological polar surface area (TPSA) is 56.7 Å². The Hall–Kier alpha value is -1.62. The fourth-order valence-electron chi connectivity index (χ4n) is 2.04. The number of aliphatic hydroxyl groups is 1. The van der Waals surface area contributed by atoms with Crippen molar-refractivity contribution in [3.05, 3.63) is 24.0 Å². The number of hydrogen-bond donors (Lipinski definition) is 1. The van der Waals surface area contributed by atoms with Crippen LogP contribution in [0.2, 0.25) is 0 Å². The van der Waals surface area contributed by atoms with Crippen molar-refractivity contribution in [1.82, 2.24) is 9.88 Å². The minimum Gasteiger partial charge on any atom is -0.391 e. The first-order valence-electron chi connectivity index (χ1n) is 5.68. The Morgan fingerprint density at radius 3 is 2.94 bits per heavy atom. The fraction of sp³-hybridized carbons (Fsp3) is 0.500. The molecule has 0 aromatic carbocycles. The van der Waals surface area contributed by atoms with E-state index in [1.54, 1.807) is 17.3 Å². The molecule has 1 aliphatic heterocycles. The molecule has 1 saturated heterocycles. The summed E-state index contributed by atoms with van der Waals surface area (Å²) in [6, 6.07) is 1.82. The van der Waals surface area contributed by atoms with Gasteiger partial charge >= 0.3 is 0 Å². The number of rotatable bonds is 2. The summed E-state index contributed by atoms with van der Waals surface area (Å²) in [5.41, 5.74) is 1.44. The van der Waals surface area contributed by atoms with Gasteiger partial charge in [-0.15, -0.1) is 0 Å². The number of pyridine rings is 1. The first-order valence-corrected chi connectivity index (χ1v) is 5.68. The number of hydrogen-bond acceptors (Lipinski definition) is 4. The van der Waals surface area contributed by atoms with Crippen LogP contribution in [0.4, 0.5) is 5.69 Å². The van der Waals surface area contributed by atoms with Gasteiger partial charge in [0.2, 0.25) is 0 Å². The van der Waals surface area contributed by atoms with Crippen LogP contribution in [-0.4, -0.2) is 54.2 Å². The molecule has 0 radical (unpaired) electrons. The summed E-state index contributed by atoms with van der Waals surface area (Å²) in [6.45, 7) is 1.03. The first kappa shape index (κ1) is 11.9. The van der Waals surface area contributed by atoms with Gasteiger partial charge in [-0.05, 0) is 12.5 Å². The number of amides is 1. The van der Waals surface area contributed by atoms with E-state index in [0.717, 1.165) is 5.69 Å². The van der Waals surface area contributed by atoms with E-state index in [0.29, 0.717) is 25.1 Å². The maximum atomic E-state index is 12.3. The van der Waals surface area contributed by atoms with Crippen molar-refractivity contribution >= 4 is 11.6 Å². The lowest BCUT2D eigenvalue weighted by molar-refractivity contribution is 0.0765. The van der Waals surface area contributed by atoms with Gasteiger partial charge in [-0.2, -0.15) is 0 Å². The number of nitrogens with zero attached hydrogens (tertiary/aromatic N) is 3. The molecule has 17 heavy (non-hydrogen) atoms. The minimum atomic E-state index is -0.390. The van der Waals surface area contributed by atoms with Gasteiger partial charge in [-0.1, -0.05) is 0 Å². The van der Waals surface area contributed by atoms with Gasteiger partial charge in [0.25, 0.3) is 5.91 Å². The number of aliphatic hydroxyl groups excluding tert-OH is 1. The quantitative estimate of drug-likeness (QED) is 0.804. The van der Waals surface area contributed by atoms with Crippen molar-refractivity contribution in [3.8, 4) is 0 Å². The molecule has 1 atom stereocenters. The van der Waals surface area contributed by atoms with Gasteiger partial charge in [0.1, 0.15) is 0 Å². The average molecular weight is 235 g/mol. The molecule has 1 aromatic rings. The molecule has 0 bridgehead atoms. The average Bonchev–Trinajstić information content (AvgIpc) is 2.75. The number of aromatic nitrogens is 1. The zero-order valence-corrected chi connectivity index (χ0v) is 10.1. The van der Waals surface area contributed by atoms with Crippen molar-refractivity contribution in [3.63, 3.8) is 0 Å². The second kappa shape index (κ2) is 4.71. The van der Waals surface area contributed by atoms with Crippen LogP contribution in [0.3, 0.4) is 0 Å². The van der Waals surface area contributed by atoms with E-state index in [1.807, 2.05) is 25.1 Å². The third-order valence-corrected chi connectivity index (χ3v) is 2.96. The zero-order chi connectivity index (χ0) is 12.4. The molecule has 2 rings (SSSR count). The molecule has 92 valence electrons. The maximum absolute atomic E-state index is 12.3. The highest BCUT2D eigenvalue weighted by atomic mass is 16.3. The molecule has 1 aliphatic rings. The smallest absolute Gasteiger partial charge is 0.257 e. The Labute approximate surface area is 101 Å². The molecule has 1 amide bonds. The molecular weight excluding hydrogens is 218 g/mol. The molecule has 1 aromatic heterocycles. The molecule has 5 heteroatoms. The third-order valence-electron chi connectivity index (χ3n) is 2.96. The van der Waals surface area contributed by atoms with Crippen molar-refractivity contribution in [2.45, 2.75) is 12.5 Å². The monoisotopic (exact) mass is 235 g/mol. The van der Waals surface area contributed by atoms with E-state index in [9.17, 15) is 9.90 Å². The van der Waals surface area contributed by atoms with Crippen LogP contribution in [0, 0.1) is 0 Å². The van der Waals surface area contributed by atoms with E-state index < -0.39 is 6.10 Å². The zero-order valence-electron chi connectivity index (χ0n) is 10.1. The predicted octanol–water partition coefficient (Wildman–Crippen LogP) is 0.354. The summed E-state index contributed by atoms with van der Waals surface area (Å²) in [5, 5.41) is 9.45. The van der Waals surface area contributed by atoms with Crippen LogP contribution in [0.1, 0.15) is 16.8 Å². The second-order valence-electron chi connectivity index (χ2n) is 4.48. The first-order chi connectivity index (χ1) is 8.09. The van der Waals surface area contributed by atoms with Crippen molar-refractivity contribution in [2.24, 2.45) is 0 Å². The summed E-state index contributed by atoms with van der Waals surface area (Å²) in [6.07, 6.45) is 3.52. The Bertz CT molecular complexity index is 420. The lowest BCUT2D eigenvalue weighted by atomic mass is 10.2. The van der Waals surface area contributed by atoms with Gasteiger partial charge in [0.15, 0.2) is 0 Å². The van der Waals surface area contributed by atoms with Crippen LogP contribution in [0.5, 0.6) is 0 Å². The van der Waals surface area contributed by atoms with Gasteiger partial charge in [0, 0.05) is 39.6 Å². The normalized spacial score (nSPS) is 19.5. The van der Waals surface area contributed by atoms with E-state index in [-0.39, 0.29) is 5.91 Å². The minimum absolute atomic E-state index is 0.0571. The Morgan fingerprint density at radius 1 is 1.59 bits per heavy atom. The molecule has 0 aliphatic carbocycles. The van der Waals surface area contributed by atoms with Gasteiger partial charge in [0.05, 0.1) is 17.4 Å². The predicted molar refractivity (Wildman–Crippen MR) is 65.1 cm³/mol. The van der Waals surface area contributed by atoms with Crippen LogP contribution < -0.4 is 4.90 Å². The highest BCUT2D eigenvalue weighted by molar-refractivity contribution is 5.99. The summed E-state index contributed by atoms with van der Waals surface area (Å²) in [4.78, 5) is 19.8. The molecule has 1 N–H and O–H groups in total. The van der Waals surface area contributed by atoms with Crippen molar-refractivity contribution in [2.75, 3.05) is 32.1 Å². The number of β-amino-alcohol motifs (C(OH)–C–C–N with tert-alkyl or cyclic N) is 1. The number of carbonyl (C=O) groups excluding carboxylic acids is 1. The van der Waals surface area contributed by atoms with Crippen LogP contribution in [-0.2, 0) is 0 Å². The fourth-order valence-corrected chi connectivity index (χ4v) is 2.04. The van der Waals surface area contributed by atoms with E-state index >= 15 is 0 Å². The summed E-state index contributed by atoms with van der Waals surface area (Å²) >= 11 is 0. The summed E-state index contributed by atoms with van der Waals surface area (Å²) in [5.74, 6) is -0.0571. The van der Waals surface area contributed by atoms with Crippen molar-refractivity contribution < 1.29 is 9.90 Å². The molecule has 0 unspecified atom stereocenters. The maximum Gasteiger partial charge on any atom is 0.257 e. The third kappa shape index (κ3) is 2.39. The molecular formula is C12H17N3O2. The number of carbonyl (C=O) groups is 1. The van der Waals surface area contributed by atoms with Crippen LogP contribution in [0.25, 0.3) is 0 Å². The van der Waals surface area contributed by atoms with Crippen molar-refractivity contribution in [1.29, 1.82) is 0 Å². The van der Waals surface area contributed by atoms with Gasteiger partial charge < -0.3 is 14.9 Å². The lowest BCUT2D eigenvalue weighted by Gasteiger charge is -2.20. The molecule has 5 nitrogen and oxygen atoms in total. The number of likely N-dealkylation sites (tertiary alicyclic amines) is 1. The number of anilines is 1. The lowest BCUT2D eigenvalue weighted by Crippen LogP contribution is -2.31.